The Morgan fingerprint density at radius 1 is 1.14 bits per heavy atom. The lowest BCUT2D eigenvalue weighted by atomic mass is 9.96. The lowest BCUT2D eigenvalue weighted by Gasteiger charge is -2.12. The summed E-state index contributed by atoms with van der Waals surface area (Å²) in [6.45, 7) is -0.294. The summed E-state index contributed by atoms with van der Waals surface area (Å²) in [7, 11) is 1.85. The van der Waals surface area contributed by atoms with E-state index >= 15 is 0 Å². The second-order valence-corrected chi connectivity index (χ2v) is 8.68. The fourth-order valence-electron chi connectivity index (χ4n) is 4.23. The summed E-state index contributed by atoms with van der Waals surface area (Å²) in [5.74, 6) is 0.587. The molecule has 2 aromatic carbocycles. The van der Waals surface area contributed by atoms with Gasteiger partial charge in [-0.15, -0.1) is 10.2 Å². The number of halogens is 1. The zero-order valence-electron chi connectivity index (χ0n) is 18.7. The van der Waals surface area contributed by atoms with Gasteiger partial charge in [-0.25, -0.2) is 14.4 Å². The number of aryl methyl sites for hydroxylation is 1. The number of pyridine rings is 1. The van der Waals surface area contributed by atoms with Crippen molar-refractivity contribution in [3.8, 4) is 40.2 Å². The van der Waals surface area contributed by atoms with Gasteiger partial charge >= 0.3 is 0 Å². The van der Waals surface area contributed by atoms with E-state index < -0.39 is 5.82 Å². The molecule has 0 atom stereocenters. The van der Waals surface area contributed by atoms with Crippen LogP contribution in [0.4, 0.5) is 4.39 Å². The number of fused-ring (bicyclic) bond motifs is 1. The third-order valence-electron chi connectivity index (χ3n) is 6.16. The van der Waals surface area contributed by atoms with Crippen LogP contribution in [0.3, 0.4) is 0 Å². The molecule has 0 bridgehead atoms. The second kappa shape index (κ2) is 8.11. The molecule has 5 aromatic rings. The first-order chi connectivity index (χ1) is 17.0. The lowest BCUT2D eigenvalue weighted by Crippen LogP contribution is -1.97. The van der Waals surface area contributed by atoms with Gasteiger partial charge in [0.05, 0.1) is 18.2 Å². The molecule has 3 heterocycles. The number of aliphatic hydroxyl groups is 1. The molecular weight excluding hydrogens is 447 g/mol. The zero-order chi connectivity index (χ0) is 24.1. The standard InChI is InChI=1S/C26H19FN6O2/c1-33-13-29-32-25(33)19-6-14(11-28)2-5-18(19)17-9-21(16-3-4-16)30-23(10-17)26-31-22-8-15(12-34)7-20(27)24(22)35-26/h2,5-10,13,16,34H,3-4,12H2,1H3. The predicted molar refractivity (Wildman–Crippen MR) is 125 cm³/mol. The Balaban J connectivity index is 1.55. The normalized spacial score (nSPS) is 13.3. The van der Waals surface area contributed by atoms with E-state index in [4.69, 9.17) is 9.40 Å². The molecule has 0 radical (unpaired) electrons. The van der Waals surface area contributed by atoms with Gasteiger partial charge in [0.25, 0.3) is 0 Å². The Bertz CT molecular complexity index is 1640. The average Bonchev–Trinajstić information content (AvgIpc) is 3.50. The first kappa shape index (κ1) is 21.1. The molecule has 1 N–H and O–H groups in total. The maximum atomic E-state index is 14.5. The summed E-state index contributed by atoms with van der Waals surface area (Å²) >= 11 is 0. The molecule has 8 nitrogen and oxygen atoms in total. The smallest absolute Gasteiger partial charge is 0.246 e. The van der Waals surface area contributed by atoms with Crippen molar-refractivity contribution in [2.75, 3.05) is 0 Å². The minimum atomic E-state index is -0.583. The molecule has 3 aromatic heterocycles. The van der Waals surface area contributed by atoms with Crippen LogP contribution in [0.2, 0.25) is 0 Å². The van der Waals surface area contributed by atoms with Gasteiger partial charge < -0.3 is 14.1 Å². The topological polar surface area (TPSA) is 114 Å². The molecular formula is C26H19FN6O2. The van der Waals surface area contributed by atoms with Gasteiger partial charge in [0, 0.05) is 24.2 Å². The fraction of sp³-hybridized carbons (Fsp3) is 0.192. The molecule has 172 valence electrons. The molecule has 1 saturated carbocycles. The number of nitrogens with zero attached hydrogens (tertiary/aromatic N) is 6. The van der Waals surface area contributed by atoms with Crippen LogP contribution in [-0.2, 0) is 13.7 Å². The lowest BCUT2D eigenvalue weighted by molar-refractivity contribution is 0.281. The van der Waals surface area contributed by atoms with Crippen LogP contribution in [-0.4, -0.2) is 29.8 Å². The van der Waals surface area contributed by atoms with Gasteiger partial charge in [0.2, 0.25) is 5.89 Å². The van der Waals surface area contributed by atoms with Gasteiger partial charge in [-0.3, -0.25) is 0 Å². The fourth-order valence-corrected chi connectivity index (χ4v) is 4.23. The van der Waals surface area contributed by atoms with E-state index in [-0.39, 0.29) is 18.1 Å². The van der Waals surface area contributed by atoms with E-state index in [1.54, 1.807) is 29.1 Å². The van der Waals surface area contributed by atoms with Crippen molar-refractivity contribution < 1.29 is 13.9 Å². The van der Waals surface area contributed by atoms with Crippen molar-refractivity contribution in [3.05, 3.63) is 71.4 Å². The van der Waals surface area contributed by atoms with E-state index in [2.05, 4.69) is 21.3 Å². The third-order valence-corrected chi connectivity index (χ3v) is 6.16. The first-order valence-corrected chi connectivity index (χ1v) is 11.1. The summed E-state index contributed by atoms with van der Waals surface area (Å²) in [5, 5.41) is 27.1. The predicted octanol–water partition coefficient (Wildman–Crippen LogP) is 4.73. The Labute approximate surface area is 199 Å². The Kier molecular flexibility index (Phi) is 4.90. The van der Waals surface area contributed by atoms with Crippen LogP contribution in [0, 0.1) is 17.1 Å². The van der Waals surface area contributed by atoms with Crippen molar-refractivity contribution in [3.63, 3.8) is 0 Å². The molecule has 1 fully saturated rings. The molecule has 0 spiro atoms. The average molecular weight is 466 g/mol. The van der Waals surface area contributed by atoms with Crippen molar-refractivity contribution in [1.82, 2.24) is 24.7 Å². The minimum Gasteiger partial charge on any atom is -0.432 e. The molecule has 0 unspecified atom stereocenters. The molecule has 1 aliphatic rings. The van der Waals surface area contributed by atoms with E-state index in [9.17, 15) is 14.8 Å². The van der Waals surface area contributed by atoms with E-state index in [1.807, 2.05) is 25.2 Å². The van der Waals surface area contributed by atoms with Gasteiger partial charge in [-0.1, -0.05) is 6.07 Å². The largest absolute Gasteiger partial charge is 0.432 e. The molecule has 9 heteroatoms. The highest BCUT2D eigenvalue weighted by Crippen LogP contribution is 2.42. The van der Waals surface area contributed by atoms with Crippen LogP contribution < -0.4 is 0 Å². The molecule has 1 aliphatic carbocycles. The molecule has 0 amide bonds. The van der Waals surface area contributed by atoms with Crippen LogP contribution >= 0.6 is 0 Å². The number of benzene rings is 2. The number of hydrogen-bond donors (Lipinski definition) is 1. The maximum Gasteiger partial charge on any atom is 0.246 e. The van der Waals surface area contributed by atoms with Crippen molar-refractivity contribution in [2.45, 2.75) is 25.4 Å². The minimum absolute atomic E-state index is 0.0236. The van der Waals surface area contributed by atoms with Crippen LogP contribution in [0.1, 0.15) is 35.6 Å². The Hall–Kier alpha value is -4.42. The first-order valence-electron chi connectivity index (χ1n) is 11.1. The quantitative estimate of drug-likeness (QED) is 0.398. The van der Waals surface area contributed by atoms with Gasteiger partial charge in [0.1, 0.15) is 17.5 Å². The number of rotatable bonds is 5. The highest BCUT2D eigenvalue weighted by atomic mass is 19.1. The van der Waals surface area contributed by atoms with Crippen molar-refractivity contribution in [1.29, 1.82) is 5.26 Å². The van der Waals surface area contributed by atoms with Crippen molar-refractivity contribution in [2.24, 2.45) is 7.05 Å². The van der Waals surface area contributed by atoms with Gasteiger partial charge in [0.15, 0.2) is 17.2 Å². The van der Waals surface area contributed by atoms with Crippen LogP contribution in [0.15, 0.2) is 53.2 Å². The van der Waals surface area contributed by atoms with Crippen molar-refractivity contribution >= 4 is 11.1 Å². The summed E-state index contributed by atoms with van der Waals surface area (Å²) in [6, 6.07) is 14.4. The summed E-state index contributed by atoms with van der Waals surface area (Å²) in [4.78, 5) is 9.26. The highest BCUT2D eigenvalue weighted by molar-refractivity contribution is 5.84. The monoisotopic (exact) mass is 466 g/mol. The second-order valence-electron chi connectivity index (χ2n) is 8.68. The Morgan fingerprint density at radius 2 is 2.00 bits per heavy atom. The van der Waals surface area contributed by atoms with E-state index in [0.717, 1.165) is 35.2 Å². The number of oxazole rings is 1. The molecule has 35 heavy (non-hydrogen) atoms. The molecule has 0 saturated heterocycles. The molecule has 0 aliphatic heterocycles. The number of aliphatic hydroxyl groups excluding tert-OH is 1. The summed E-state index contributed by atoms with van der Waals surface area (Å²) < 4.78 is 22.1. The highest BCUT2D eigenvalue weighted by Gasteiger charge is 2.27. The van der Waals surface area contributed by atoms with E-state index in [0.29, 0.717) is 34.1 Å². The zero-order valence-corrected chi connectivity index (χ0v) is 18.7. The van der Waals surface area contributed by atoms with Crippen LogP contribution in [0.5, 0.6) is 0 Å². The van der Waals surface area contributed by atoms with Gasteiger partial charge in [-0.05, 0) is 65.9 Å². The summed E-state index contributed by atoms with van der Waals surface area (Å²) in [5.41, 5.74) is 5.15. The SMILES string of the molecule is Cn1cnnc1-c1cc(C#N)ccc1-c1cc(-c2nc3cc(CO)cc(F)c3o2)nc(C2CC2)c1. The summed E-state index contributed by atoms with van der Waals surface area (Å²) in [6.07, 6.45) is 3.70. The van der Waals surface area contributed by atoms with E-state index in [1.165, 1.54) is 6.07 Å². The number of aromatic nitrogens is 5. The van der Waals surface area contributed by atoms with Gasteiger partial charge in [-0.2, -0.15) is 5.26 Å². The Morgan fingerprint density at radius 3 is 2.71 bits per heavy atom. The molecule has 6 rings (SSSR count). The number of nitriles is 1. The maximum absolute atomic E-state index is 14.5. The van der Waals surface area contributed by atoms with Crippen LogP contribution in [0.25, 0.3) is 45.2 Å². The third kappa shape index (κ3) is 3.74. The number of hydrogen-bond acceptors (Lipinski definition) is 7.